The molecule has 0 amide bonds. The van der Waals surface area contributed by atoms with Crippen molar-refractivity contribution in [2.45, 2.75) is 37.2 Å². The number of hydrogen-bond donors (Lipinski definition) is 1. The minimum absolute atomic E-state index is 0.234. The highest BCUT2D eigenvalue weighted by Gasteiger charge is 2.42. The van der Waals surface area contributed by atoms with E-state index < -0.39 is 11.7 Å². The van der Waals surface area contributed by atoms with Crippen molar-refractivity contribution in [3.05, 3.63) is 47.0 Å². The number of anilines is 1. The lowest BCUT2D eigenvalue weighted by atomic mass is 9.87. The van der Waals surface area contributed by atoms with Gasteiger partial charge in [-0.15, -0.1) is 0 Å². The third-order valence-corrected chi connectivity index (χ3v) is 7.39. The summed E-state index contributed by atoms with van der Waals surface area (Å²) in [5.74, 6) is 2.49. The Bertz CT molecular complexity index is 962. The van der Waals surface area contributed by atoms with Crippen LogP contribution in [-0.2, 0) is 11.9 Å². The van der Waals surface area contributed by atoms with E-state index in [1.807, 2.05) is 23.9 Å². The van der Waals surface area contributed by atoms with Gasteiger partial charge in [-0.2, -0.15) is 24.9 Å². The predicted octanol–water partition coefficient (Wildman–Crippen LogP) is 5.28. The average Bonchev–Trinajstić information content (AvgIpc) is 2.89. The van der Waals surface area contributed by atoms with Crippen LogP contribution in [0.2, 0.25) is 0 Å². The zero-order valence-electron chi connectivity index (χ0n) is 16.9. The molecular formula is C23H25F3N2OS. The van der Waals surface area contributed by atoms with Crippen LogP contribution < -0.4 is 15.0 Å². The van der Waals surface area contributed by atoms with Crippen molar-refractivity contribution in [1.29, 1.82) is 0 Å². The summed E-state index contributed by atoms with van der Waals surface area (Å²) < 4.78 is 47.2. The number of nitrogens with zero attached hydrogens (tertiary/aromatic N) is 1. The monoisotopic (exact) mass is 434 g/mol. The van der Waals surface area contributed by atoms with E-state index in [0.29, 0.717) is 24.1 Å². The van der Waals surface area contributed by atoms with E-state index in [-0.39, 0.29) is 11.3 Å². The van der Waals surface area contributed by atoms with Gasteiger partial charge in [0, 0.05) is 42.2 Å². The Kier molecular flexibility index (Phi) is 5.14. The van der Waals surface area contributed by atoms with E-state index in [4.69, 9.17) is 4.74 Å². The first kappa shape index (κ1) is 20.1. The van der Waals surface area contributed by atoms with Crippen LogP contribution in [0.4, 0.5) is 18.9 Å². The number of nitrogens with one attached hydrogen (secondary N) is 1. The van der Waals surface area contributed by atoms with Gasteiger partial charge >= 0.3 is 6.18 Å². The number of fused-ring (bicyclic) bond motifs is 3. The highest BCUT2D eigenvalue weighted by Crippen LogP contribution is 2.50. The maximum absolute atomic E-state index is 13.9. The zero-order chi connectivity index (χ0) is 20.9. The van der Waals surface area contributed by atoms with Gasteiger partial charge in [0.2, 0.25) is 0 Å². The Hall–Kier alpha value is -1.86. The van der Waals surface area contributed by atoms with Gasteiger partial charge in [0.1, 0.15) is 5.75 Å². The molecule has 0 radical (unpaired) electrons. The molecule has 1 N–H and O–H groups in total. The molecule has 3 aliphatic rings. The Morgan fingerprint density at radius 1 is 1.23 bits per heavy atom. The second kappa shape index (κ2) is 7.68. The van der Waals surface area contributed by atoms with Crippen molar-refractivity contribution < 1.29 is 17.9 Å². The molecule has 160 valence electrons. The first-order valence-corrected chi connectivity index (χ1v) is 11.7. The normalized spacial score (nSPS) is 23.0. The van der Waals surface area contributed by atoms with Crippen molar-refractivity contribution in [3.63, 3.8) is 0 Å². The summed E-state index contributed by atoms with van der Waals surface area (Å²) in [6, 6.07) is 8.80. The molecule has 0 saturated carbocycles. The van der Waals surface area contributed by atoms with Gasteiger partial charge in [0.15, 0.2) is 0 Å². The van der Waals surface area contributed by atoms with Gasteiger partial charge in [-0.3, -0.25) is 0 Å². The van der Waals surface area contributed by atoms with Crippen molar-refractivity contribution in [1.82, 2.24) is 5.32 Å². The minimum atomic E-state index is -4.44. The van der Waals surface area contributed by atoms with Gasteiger partial charge in [-0.1, -0.05) is 6.07 Å². The number of thioether (sulfide) groups is 1. The van der Waals surface area contributed by atoms with Crippen LogP contribution in [0, 0.1) is 0 Å². The maximum atomic E-state index is 13.9. The molecule has 0 unspecified atom stereocenters. The first-order valence-electron chi connectivity index (χ1n) is 10.5. The van der Waals surface area contributed by atoms with Crippen molar-refractivity contribution in [2.24, 2.45) is 0 Å². The molecule has 0 bridgehead atoms. The summed E-state index contributed by atoms with van der Waals surface area (Å²) in [6.07, 6.45) is -3.36. The lowest BCUT2D eigenvalue weighted by Crippen LogP contribution is -2.44. The van der Waals surface area contributed by atoms with Gasteiger partial charge in [-0.25, -0.2) is 0 Å². The van der Waals surface area contributed by atoms with E-state index in [9.17, 15) is 13.2 Å². The molecule has 3 aliphatic heterocycles. The van der Waals surface area contributed by atoms with Crippen molar-refractivity contribution >= 4 is 17.4 Å². The number of alkyl halides is 3. The molecule has 7 heteroatoms. The van der Waals surface area contributed by atoms with Gasteiger partial charge in [0.25, 0.3) is 0 Å². The zero-order valence-corrected chi connectivity index (χ0v) is 17.7. The molecule has 30 heavy (non-hydrogen) atoms. The lowest BCUT2D eigenvalue weighted by Gasteiger charge is -2.33. The molecule has 0 aromatic heterocycles. The van der Waals surface area contributed by atoms with Gasteiger partial charge in [0.05, 0.1) is 12.2 Å². The van der Waals surface area contributed by atoms with Crippen LogP contribution in [0.5, 0.6) is 5.75 Å². The number of piperidine rings is 1. The van der Waals surface area contributed by atoms with Crippen LogP contribution in [0.3, 0.4) is 0 Å². The quantitative estimate of drug-likeness (QED) is 0.710. The standard InChI is InChI=1S/C23H25F3N2OS/c1-2-29-16-3-4-17(20(11-16)23(24,25)26)14-9-15-13-30-8-7-28-21-5-6-27-12-19(21)18(10-14)22(15)28/h3-4,9-11,19,21,27H,2,5-8,12-13H2,1H3/t19-,21-/m0/s1. The van der Waals surface area contributed by atoms with E-state index in [1.54, 1.807) is 19.1 Å². The fourth-order valence-corrected chi connectivity index (χ4v) is 6.12. The maximum Gasteiger partial charge on any atom is 0.417 e. The van der Waals surface area contributed by atoms with E-state index in [0.717, 1.165) is 43.6 Å². The van der Waals surface area contributed by atoms with Crippen LogP contribution in [0.25, 0.3) is 11.1 Å². The van der Waals surface area contributed by atoms with Crippen LogP contribution in [-0.4, -0.2) is 38.0 Å². The topological polar surface area (TPSA) is 24.5 Å². The van der Waals surface area contributed by atoms with Gasteiger partial charge in [-0.05, 0) is 66.4 Å². The Morgan fingerprint density at radius 2 is 2.10 bits per heavy atom. The summed E-state index contributed by atoms with van der Waals surface area (Å²) in [6.45, 7) is 5.01. The second-order valence-electron chi connectivity index (χ2n) is 8.12. The van der Waals surface area contributed by atoms with Crippen molar-refractivity contribution in [3.8, 4) is 16.9 Å². The largest absolute Gasteiger partial charge is 0.494 e. The highest BCUT2D eigenvalue weighted by atomic mass is 32.2. The summed E-state index contributed by atoms with van der Waals surface area (Å²) in [7, 11) is 0. The second-order valence-corrected chi connectivity index (χ2v) is 9.23. The average molecular weight is 435 g/mol. The lowest BCUT2D eigenvalue weighted by molar-refractivity contribution is -0.137. The van der Waals surface area contributed by atoms with Crippen LogP contribution >= 0.6 is 11.8 Å². The summed E-state index contributed by atoms with van der Waals surface area (Å²) >= 11 is 1.87. The molecule has 0 aliphatic carbocycles. The predicted molar refractivity (Wildman–Crippen MR) is 116 cm³/mol. The van der Waals surface area contributed by atoms with E-state index in [1.165, 1.54) is 16.8 Å². The molecule has 1 saturated heterocycles. The smallest absolute Gasteiger partial charge is 0.417 e. The summed E-state index contributed by atoms with van der Waals surface area (Å²) in [5, 5.41) is 3.49. The number of ether oxygens (including phenoxy) is 1. The van der Waals surface area contributed by atoms with Crippen LogP contribution in [0.15, 0.2) is 30.3 Å². The Balaban J connectivity index is 1.67. The summed E-state index contributed by atoms with van der Waals surface area (Å²) in [4.78, 5) is 2.53. The van der Waals surface area contributed by atoms with E-state index in [2.05, 4.69) is 10.2 Å². The summed E-state index contributed by atoms with van der Waals surface area (Å²) in [5.41, 5.74) is 3.92. The SMILES string of the molecule is CCOc1ccc(-c2cc3c4c(c2)[C@@H]2CNCC[C@@H]2N4CCSC3)c(C(F)(F)F)c1. The van der Waals surface area contributed by atoms with Crippen LogP contribution in [0.1, 0.15) is 36.0 Å². The molecule has 2 aromatic rings. The number of hydrogen-bond acceptors (Lipinski definition) is 4. The molecule has 3 heterocycles. The molecule has 5 rings (SSSR count). The molecule has 0 spiro atoms. The fourth-order valence-electron chi connectivity index (χ4n) is 5.21. The molecule has 2 atom stereocenters. The van der Waals surface area contributed by atoms with Gasteiger partial charge < -0.3 is 15.0 Å². The first-order chi connectivity index (χ1) is 14.5. The molecule has 2 aromatic carbocycles. The molecular weight excluding hydrogens is 409 g/mol. The number of rotatable bonds is 3. The molecule has 3 nitrogen and oxygen atoms in total. The van der Waals surface area contributed by atoms with Crippen molar-refractivity contribution in [2.75, 3.05) is 36.9 Å². The number of benzene rings is 2. The Labute approximate surface area is 179 Å². The third-order valence-electron chi connectivity index (χ3n) is 6.40. The minimum Gasteiger partial charge on any atom is -0.494 e. The Morgan fingerprint density at radius 3 is 2.90 bits per heavy atom. The van der Waals surface area contributed by atoms with E-state index >= 15 is 0 Å². The fraction of sp³-hybridized carbons (Fsp3) is 0.478. The highest BCUT2D eigenvalue weighted by molar-refractivity contribution is 7.98. The third kappa shape index (κ3) is 3.36. The molecule has 1 fully saturated rings. The number of halogens is 3.